The predicted octanol–water partition coefficient (Wildman–Crippen LogP) is 4.74. The molecule has 0 radical (unpaired) electrons. The third-order valence-electron chi connectivity index (χ3n) is 14.4. The molecule has 2 saturated heterocycles. The molecule has 7 rings (SSSR count). The first-order valence-corrected chi connectivity index (χ1v) is 14.2. The lowest BCUT2D eigenvalue weighted by atomic mass is 9.29. The number of carbonyl (C=O) groups excluding carboxylic acids is 2. The number of epoxide rings is 1. The number of hydrogen-bond acceptors (Lipinski definition) is 6. The monoisotopic (exact) mass is 498 g/mol. The van der Waals surface area contributed by atoms with Crippen molar-refractivity contribution < 1.29 is 29.3 Å². The molecule has 2 aliphatic heterocycles. The van der Waals surface area contributed by atoms with Crippen molar-refractivity contribution in [3.8, 4) is 0 Å². The van der Waals surface area contributed by atoms with E-state index in [4.69, 9.17) is 9.47 Å². The largest absolute Gasteiger partial charge is 0.504 e. The van der Waals surface area contributed by atoms with Gasteiger partial charge in [0.2, 0.25) is 0 Å². The minimum Gasteiger partial charge on any atom is -0.504 e. The highest BCUT2D eigenvalue weighted by molar-refractivity contribution is 5.96. The Hall–Kier alpha value is -1.40. The highest BCUT2D eigenvalue weighted by Gasteiger charge is 2.90. The molecule has 36 heavy (non-hydrogen) atoms. The van der Waals surface area contributed by atoms with Crippen LogP contribution in [-0.2, 0) is 19.1 Å². The first-order valence-electron chi connectivity index (χ1n) is 14.2. The number of Topliss-reactive ketones (excluding diaryl/α,β-unsaturated/α-hetero) is 1. The average molecular weight is 499 g/mol. The molecule has 2 heterocycles. The van der Waals surface area contributed by atoms with Crippen LogP contribution >= 0.6 is 0 Å². The maximum absolute atomic E-state index is 13.8. The fourth-order valence-corrected chi connectivity index (χ4v) is 11.9. The van der Waals surface area contributed by atoms with E-state index in [2.05, 4.69) is 34.6 Å². The molecule has 4 saturated carbocycles. The van der Waals surface area contributed by atoms with Crippen LogP contribution in [0.25, 0.3) is 0 Å². The second-order valence-corrected chi connectivity index (χ2v) is 14.9. The van der Waals surface area contributed by atoms with Gasteiger partial charge in [-0.1, -0.05) is 41.5 Å². The molecule has 0 aromatic heterocycles. The number of rotatable bonds is 0. The lowest BCUT2D eigenvalue weighted by Crippen LogP contribution is -2.77. The molecule has 1 spiro atoms. The van der Waals surface area contributed by atoms with E-state index >= 15 is 0 Å². The number of carbonyl (C=O) groups is 2. The molecule has 6 nitrogen and oxygen atoms in total. The van der Waals surface area contributed by atoms with Crippen LogP contribution in [0.4, 0.5) is 0 Å². The van der Waals surface area contributed by atoms with Crippen LogP contribution in [0.15, 0.2) is 11.3 Å². The number of esters is 1. The number of aliphatic hydroxyl groups excluding tert-OH is 2. The summed E-state index contributed by atoms with van der Waals surface area (Å²) in [4.78, 5) is 26.9. The zero-order valence-corrected chi connectivity index (χ0v) is 22.8. The second kappa shape index (κ2) is 6.25. The average Bonchev–Trinajstić information content (AvgIpc) is 3.55. The van der Waals surface area contributed by atoms with Gasteiger partial charge in [-0.3, -0.25) is 9.59 Å². The molecule has 5 aliphatic carbocycles. The first-order chi connectivity index (χ1) is 16.7. The zero-order valence-electron chi connectivity index (χ0n) is 22.8. The van der Waals surface area contributed by atoms with E-state index in [1.54, 1.807) is 0 Å². The maximum Gasteiger partial charge on any atom is 0.313 e. The third-order valence-corrected chi connectivity index (χ3v) is 14.4. The summed E-state index contributed by atoms with van der Waals surface area (Å²) in [6.07, 6.45) is 3.36. The molecule has 6 heteroatoms. The molecule has 198 valence electrons. The number of fused-ring (bicyclic) bond motifs is 6. The molecule has 2 N–H and O–H groups in total. The molecule has 0 unspecified atom stereocenters. The van der Waals surface area contributed by atoms with Crippen molar-refractivity contribution in [1.82, 2.24) is 0 Å². The van der Waals surface area contributed by atoms with Crippen molar-refractivity contribution in [1.29, 1.82) is 0 Å². The Labute approximate surface area is 214 Å². The highest BCUT2D eigenvalue weighted by atomic mass is 16.6. The highest BCUT2D eigenvalue weighted by Crippen LogP contribution is 2.84. The Balaban J connectivity index is 1.45. The molecule has 0 amide bonds. The normalized spacial score (nSPS) is 62.9. The predicted molar refractivity (Wildman–Crippen MR) is 132 cm³/mol. The quantitative estimate of drug-likeness (QED) is 0.370. The lowest BCUT2D eigenvalue weighted by Gasteiger charge is -2.73. The van der Waals surface area contributed by atoms with Gasteiger partial charge in [-0.25, -0.2) is 0 Å². The molecule has 0 aromatic carbocycles. The molecular formula is C30H42O6. The molecular weight excluding hydrogens is 456 g/mol. The maximum atomic E-state index is 13.8. The van der Waals surface area contributed by atoms with Gasteiger partial charge in [-0.05, 0) is 67.3 Å². The van der Waals surface area contributed by atoms with E-state index in [1.807, 2.05) is 13.8 Å². The van der Waals surface area contributed by atoms with Crippen molar-refractivity contribution in [2.75, 3.05) is 0 Å². The summed E-state index contributed by atoms with van der Waals surface area (Å²) in [7, 11) is 0. The Morgan fingerprint density at radius 2 is 1.67 bits per heavy atom. The molecule has 0 aromatic rings. The van der Waals surface area contributed by atoms with Crippen LogP contribution in [0.5, 0.6) is 0 Å². The van der Waals surface area contributed by atoms with E-state index in [-0.39, 0.29) is 53.4 Å². The van der Waals surface area contributed by atoms with Crippen LogP contribution in [0, 0.1) is 50.7 Å². The standard InChI is InChI=1S/C30H42O6/c1-14-8-9-29-11-10-27(6)25(4)13-18(32)28(7)16(3)19(33)17(31)12-26(28,5)22(25)20-23(35-20)30(27,36-24(29)34)21(29)15(14)2/h14-15,18,20-23,32-33H,8-13H2,1-7H3/t14-,15+,18-,20+,21-,22+,23+,25-,26-,27+,28-,29+,30-/m1/s1. The molecule has 7 aliphatic rings. The second-order valence-electron chi connectivity index (χ2n) is 14.9. The topological polar surface area (TPSA) is 96.4 Å². The van der Waals surface area contributed by atoms with E-state index in [9.17, 15) is 19.8 Å². The van der Waals surface area contributed by atoms with Crippen molar-refractivity contribution >= 4 is 11.8 Å². The minimum absolute atomic E-state index is 0.00847. The van der Waals surface area contributed by atoms with Gasteiger partial charge in [-0.15, -0.1) is 0 Å². The summed E-state index contributed by atoms with van der Waals surface area (Å²) < 4.78 is 13.4. The Bertz CT molecular complexity index is 1140. The number of hydrogen-bond donors (Lipinski definition) is 2. The Kier molecular flexibility index (Phi) is 4.11. The number of aliphatic hydroxyl groups is 2. The smallest absolute Gasteiger partial charge is 0.313 e. The van der Waals surface area contributed by atoms with E-state index in [1.165, 1.54) is 0 Å². The van der Waals surface area contributed by atoms with Crippen molar-refractivity contribution in [3.63, 3.8) is 0 Å². The van der Waals surface area contributed by atoms with Gasteiger partial charge in [0.1, 0.15) is 6.10 Å². The van der Waals surface area contributed by atoms with Gasteiger partial charge >= 0.3 is 5.97 Å². The third kappa shape index (κ3) is 2.00. The summed E-state index contributed by atoms with van der Waals surface area (Å²) in [5.41, 5.74) is -2.61. The van der Waals surface area contributed by atoms with Gasteiger partial charge in [0.15, 0.2) is 17.1 Å². The van der Waals surface area contributed by atoms with Gasteiger partial charge in [-0.2, -0.15) is 0 Å². The van der Waals surface area contributed by atoms with Gasteiger partial charge in [0, 0.05) is 29.1 Å². The van der Waals surface area contributed by atoms with E-state index < -0.39 is 33.4 Å². The van der Waals surface area contributed by atoms with Crippen LogP contribution in [0.3, 0.4) is 0 Å². The van der Waals surface area contributed by atoms with E-state index in [0.29, 0.717) is 23.8 Å². The number of allylic oxidation sites excluding steroid dienone is 1. The summed E-state index contributed by atoms with van der Waals surface area (Å²) in [6.45, 7) is 15.2. The van der Waals surface area contributed by atoms with Gasteiger partial charge < -0.3 is 19.7 Å². The molecule has 6 fully saturated rings. The number of ketones is 1. The molecule has 13 atom stereocenters. The number of ether oxygens (including phenoxy) is 2. The van der Waals surface area contributed by atoms with Crippen LogP contribution in [0.2, 0.25) is 0 Å². The summed E-state index contributed by atoms with van der Waals surface area (Å²) >= 11 is 0. The fraction of sp³-hybridized carbons (Fsp3) is 0.867. The van der Waals surface area contributed by atoms with Crippen molar-refractivity contribution in [3.05, 3.63) is 11.3 Å². The van der Waals surface area contributed by atoms with E-state index in [0.717, 1.165) is 25.7 Å². The SMILES string of the molecule is CC1=C(O)C(=O)C[C@]2(C)[C@H]3[C@@H]4O[C@@H]4[C@]45OC(=O)[C@@]6(CC[C@@H](C)[C@H](C)[C@H]64)CC[C@@]5(C)[C@]3(C)C[C@@H](O)[C@@]12C. The van der Waals surface area contributed by atoms with Gasteiger partial charge in [0.05, 0.1) is 17.6 Å². The zero-order chi connectivity index (χ0) is 26.0. The Morgan fingerprint density at radius 1 is 0.972 bits per heavy atom. The van der Waals surface area contributed by atoms with Crippen LogP contribution in [0.1, 0.15) is 87.0 Å². The fourth-order valence-electron chi connectivity index (χ4n) is 11.9. The summed E-state index contributed by atoms with van der Waals surface area (Å²) in [5, 5.41) is 22.6. The first kappa shape index (κ1) is 23.7. The van der Waals surface area contributed by atoms with Crippen LogP contribution < -0.4 is 0 Å². The van der Waals surface area contributed by atoms with Gasteiger partial charge in [0.25, 0.3) is 0 Å². The molecule has 2 bridgehead atoms. The summed E-state index contributed by atoms with van der Waals surface area (Å²) in [6, 6.07) is 0. The van der Waals surface area contributed by atoms with Crippen molar-refractivity contribution in [2.24, 2.45) is 50.7 Å². The Morgan fingerprint density at radius 3 is 2.36 bits per heavy atom. The lowest BCUT2D eigenvalue weighted by molar-refractivity contribution is -0.286. The summed E-state index contributed by atoms with van der Waals surface area (Å²) in [5.74, 6) is 0.554. The van der Waals surface area contributed by atoms with Crippen molar-refractivity contribution in [2.45, 2.75) is 111 Å². The minimum atomic E-state index is -0.732. The van der Waals surface area contributed by atoms with Crippen LogP contribution in [-0.4, -0.2) is 45.9 Å².